The van der Waals surface area contributed by atoms with E-state index in [0.717, 1.165) is 5.56 Å². The van der Waals surface area contributed by atoms with Gasteiger partial charge in [-0.2, -0.15) is 0 Å². The van der Waals surface area contributed by atoms with Crippen molar-refractivity contribution in [2.24, 2.45) is 0 Å². The summed E-state index contributed by atoms with van der Waals surface area (Å²) in [5.74, 6) is -0.0573. The van der Waals surface area contributed by atoms with Gasteiger partial charge in [0.05, 0.1) is 11.4 Å². The Hall–Kier alpha value is -2.58. The van der Waals surface area contributed by atoms with Crippen molar-refractivity contribution in [1.82, 2.24) is 14.9 Å². The summed E-state index contributed by atoms with van der Waals surface area (Å²) in [6.07, 6.45) is 0. The first-order chi connectivity index (χ1) is 11.8. The molecule has 0 radical (unpaired) electrons. The van der Waals surface area contributed by atoms with Crippen LogP contribution in [0.1, 0.15) is 17.0 Å². The summed E-state index contributed by atoms with van der Waals surface area (Å²) in [6, 6.07) is 10.7. The molecule has 0 fully saturated rings. The molecule has 0 amide bonds. The first-order valence-electron chi connectivity index (χ1n) is 7.50. The molecular formula is C17H16FN3O3S. The first-order valence-corrected chi connectivity index (χ1v) is 8.99. The molecule has 130 valence electrons. The Kier molecular flexibility index (Phi) is 4.65. The molecule has 1 N–H and O–H groups in total. The number of aryl methyl sites for hydroxylation is 2. The highest BCUT2D eigenvalue weighted by Crippen LogP contribution is 2.19. The van der Waals surface area contributed by atoms with E-state index in [2.05, 4.69) is 14.9 Å². The van der Waals surface area contributed by atoms with Crippen molar-refractivity contribution in [3.8, 4) is 11.5 Å². The highest BCUT2D eigenvalue weighted by molar-refractivity contribution is 7.89. The van der Waals surface area contributed by atoms with E-state index in [-0.39, 0.29) is 29.0 Å². The monoisotopic (exact) mass is 361 g/mol. The van der Waals surface area contributed by atoms with E-state index in [9.17, 15) is 12.8 Å². The van der Waals surface area contributed by atoms with Gasteiger partial charge in [-0.05, 0) is 49.7 Å². The zero-order chi connectivity index (χ0) is 18.0. The highest BCUT2D eigenvalue weighted by Gasteiger charge is 2.18. The molecule has 3 aromatic rings. The van der Waals surface area contributed by atoms with Crippen LogP contribution in [0.5, 0.6) is 0 Å². The predicted molar refractivity (Wildman–Crippen MR) is 89.6 cm³/mol. The molecule has 0 aliphatic carbocycles. The molecule has 0 saturated heterocycles. The summed E-state index contributed by atoms with van der Waals surface area (Å²) in [7, 11) is -3.69. The second kappa shape index (κ2) is 6.73. The van der Waals surface area contributed by atoms with Gasteiger partial charge < -0.3 is 4.42 Å². The standard InChI is InChI=1S/C17H16FN3O3S/c1-11-3-8-15(12(2)9-11)25(22,23)19-10-16-20-21-17(24-16)13-4-6-14(18)7-5-13/h3-9,19H,10H2,1-2H3. The van der Waals surface area contributed by atoms with E-state index in [1.54, 1.807) is 25.1 Å². The minimum Gasteiger partial charge on any atom is -0.419 e. The average molecular weight is 361 g/mol. The van der Waals surface area contributed by atoms with Gasteiger partial charge in [-0.1, -0.05) is 17.7 Å². The van der Waals surface area contributed by atoms with Crippen LogP contribution in [-0.4, -0.2) is 18.6 Å². The van der Waals surface area contributed by atoms with Crippen LogP contribution in [0.25, 0.3) is 11.5 Å². The van der Waals surface area contributed by atoms with Crippen LogP contribution in [0, 0.1) is 19.7 Å². The number of aromatic nitrogens is 2. The van der Waals surface area contributed by atoms with E-state index in [0.29, 0.717) is 11.1 Å². The number of sulfonamides is 1. The van der Waals surface area contributed by atoms with Gasteiger partial charge in [0.1, 0.15) is 5.82 Å². The van der Waals surface area contributed by atoms with Gasteiger partial charge in [0.15, 0.2) is 0 Å². The Morgan fingerprint density at radius 1 is 1.08 bits per heavy atom. The Morgan fingerprint density at radius 2 is 1.80 bits per heavy atom. The second-order valence-corrected chi connectivity index (χ2v) is 7.34. The number of hydrogen-bond donors (Lipinski definition) is 1. The van der Waals surface area contributed by atoms with E-state index in [1.165, 1.54) is 24.3 Å². The maximum absolute atomic E-state index is 12.9. The van der Waals surface area contributed by atoms with Gasteiger partial charge in [-0.15, -0.1) is 10.2 Å². The van der Waals surface area contributed by atoms with Crippen LogP contribution in [0.3, 0.4) is 0 Å². The average Bonchev–Trinajstić information content (AvgIpc) is 3.02. The summed E-state index contributed by atoms with van der Waals surface area (Å²) in [5, 5.41) is 7.66. The van der Waals surface area contributed by atoms with Crippen LogP contribution in [0.2, 0.25) is 0 Å². The van der Waals surface area contributed by atoms with Crippen molar-refractivity contribution in [2.45, 2.75) is 25.3 Å². The Morgan fingerprint density at radius 3 is 2.48 bits per heavy atom. The van der Waals surface area contributed by atoms with Crippen LogP contribution in [0.15, 0.2) is 51.8 Å². The van der Waals surface area contributed by atoms with E-state index in [1.807, 2.05) is 6.92 Å². The molecular weight excluding hydrogens is 345 g/mol. The highest BCUT2D eigenvalue weighted by atomic mass is 32.2. The van der Waals surface area contributed by atoms with E-state index >= 15 is 0 Å². The fourth-order valence-electron chi connectivity index (χ4n) is 2.37. The van der Waals surface area contributed by atoms with Crippen molar-refractivity contribution in [2.75, 3.05) is 0 Å². The molecule has 1 heterocycles. The quantitative estimate of drug-likeness (QED) is 0.755. The number of benzene rings is 2. The molecule has 3 rings (SSSR count). The zero-order valence-electron chi connectivity index (χ0n) is 13.7. The maximum atomic E-state index is 12.9. The van der Waals surface area contributed by atoms with E-state index < -0.39 is 10.0 Å². The molecule has 0 spiro atoms. The summed E-state index contributed by atoms with van der Waals surface area (Å²) >= 11 is 0. The molecule has 8 heteroatoms. The van der Waals surface area contributed by atoms with Gasteiger partial charge in [-0.25, -0.2) is 17.5 Å². The SMILES string of the molecule is Cc1ccc(S(=O)(=O)NCc2nnc(-c3ccc(F)cc3)o2)c(C)c1. The molecule has 0 aliphatic heterocycles. The van der Waals surface area contributed by atoms with Crippen LogP contribution >= 0.6 is 0 Å². The summed E-state index contributed by atoms with van der Waals surface area (Å²) in [5.41, 5.74) is 2.19. The zero-order valence-corrected chi connectivity index (χ0v) is 14.5. The van der Waals surface area contributed by atoms with Crippen LogP contribution in [-0.2, 0) is 16.6 Å². The molecule has 0 aliphatic rings. The van der Waals surface area contributed by atoms with Gasteiger partial charge in [0, 0.05) is 5.56 Å². The third kappa shape index (κ3) is 3.92. The maximum Gasteiger partial charge on any atom is 0.247 e. The number of halogens is 1. The van der Waals surface area contributed by atoms with Gasteiger partial charge >= 0.3 is 0 Å². The Balaban J connectivity index is 1.74. The summed E-state index contributed by atoms with van der Waals surface area (Å²) < 4.78 is 45.6. The van der Waals surface area contributed by atoms with Crippen molar-refractivity contribution >= 4 is 10.0 Å². The van der Waals surface area contributed by atoms with Gasteiger partial charge in [0.2, 0.25) is 21.8 Å². The molecule has 2 aromatic carbocycles. The largest absolute Gasteiger partial charge is 0.419 e. The molecule has 0 atom stereocenters. The van der Waals surface area contributed by atoms with Crippen LogP contribution in [0.4, 0.5) is 4.39 Å². The van der Waals surface area contributed by atoms with E-state index in [4.69, 9.17) is 4.42 Å². The van der Waals surface area contributed by atoms with Gasteiger partial charge in [0.25, 0.3) is 0 Å². The lowest BCUT2D eigenvalue weighted by Gasteiger charge is -2.08. The van der Waals surface area contributed by atoms with Crippen molar-refractivity contribution in [1.29, 1.82) is 0 Å². The number of hydrogen-bond acceptors (Lipinski definition) is 5. The first kappa shape index (κ1) is 17.2. The van der Waals surface area contributed by atoms with Crippen molar-refractivity contribution < 1.29 is 17.2 Å². The molecule has 0 unspecified atom stereocenters. The summed E-state index contributed by atoms with van der Waals surface area (Å²) in [4.78, 5) is 0.205. The molecule has 6 nitrogen and oxygen atoms in total. The normalized spacial score (nSPS) is 11.6. The van der Waals surface area contributed by atoms with Crippen LogP contribution < -0.4 is 4.72 Å². The Bertz CT molecular complexity index is 998. The molecule has 0 bridgehead atoms. The van der Waals surface area contributed by atoms with Crippen molar-refractivity contribution in [3.05, 3.63) is 65.3 Å². The smallest absolute Gasteiger partial charge is 0.247 e. The minimum atomic E-state index is -3.69. The van der Waals surface area contributed by atoms with Crippen molar-refractivity contribution in [3.63, 3.8) is 0 Å². The minimum absolute atomic E-state index is 0.118. The molecule has 25 heavy (non-hydrogen) atoms. The molecule has 1 aromatic heterocycles. The fourth-order valence-corrected chi connectivity index (χ4v) is 3.57. The fraction of sp³-hybridized carbons (Fsp3) is 0.176. The number of nitrogens with one attached hydrogen (secondary N) is 1. The number of rotatable bonds is 5. The second-order valence-electron chi connectivity index (χ2n) is 5.60. The predicted octanol–water partition coefficient (Wildman–Crippen LogP) is 2.97. The topological polar surface area (TPSA) is 85.1 Å². The lowest BCUT2D eigenvalue weighted by molar-refractivity contribution is 0.494. The number of nitrogens with zero attached hydrogens (tertiary/aromatic N) is 2. The third-order valence-electron chi connectivity index (χ3n) is 3.59. The van der Waals surface area contributed by atoms with Gasteiger partial charge in [-0.3, -0.25) is 0 Å². The lowest BCUT2D eigenvalue weighted by Crippen LogP contribution is -2.24. The molecule has 0 saturated carbocycles. The Labute approximate surface area is 144 Å². The third-order valence-corrected chi connectivity index (χ3v) is 5.15. The summed E-state index contributed by atoms with van der Waals surface area (Å²) in [6.45, 7) is 3.50. The lowest BCUT2D eigenvalue weighted by atomic mass is 10.2.